The minimum absolute atomic E-state index is 0.0318. The molecule has 0 saturated carbocycles. The standard InChI is InChI=1S/C31H32N2O4/c1-19(2)28-31(3,4)18-36-30(37-28)21-13-10-14-22(17-21)32-29(35)27(34)25-23-15-8-9-16-24(23)33-26(25)20-11-6-5-7-12-20/h5-17,19,28,30,33H,18H2,1-4H3,(H,32,35)/t28-,30-/m1/s1. The summed E-state index contributed by atoms with van der Waals surface area (Å²) in [5.41, 5.74) is 3.83. The number of hydrogen-bond acceptors (Lipinski definition) is 4. The molecule has 37 heavy (non-hydrogen) atoms. The molecule has 2 atom stereocenters. The van der Waals surface area contributed by atoms with Crippen molar-refractivity contribution < 1.29 is 19.1 Å². The molecule has 3 aromatic carbocycles. The molecule has 0 unspecified atom stereocenters. The summed E-state index contributed by atoms with van der Waals surface area (Å²) in [6.45, 7) is 9.14. The van der Waals surface area contributed by atoms with E-state index in [0.29, 0.717) is 34.9 Å². The molecule has 0 radical (unpaired) electrons. The van der Waals surface area contributed by atoms with E-state index in [1.165, 1.54) is 0 Å². The maximum absolute atomic E-state index is 13.5. The quantitative estimate of drug-likeness (QED) is 0.228. The topological polar surface area (TPSA) is 80.4 Å². The molecule has 2 heterocycles. The number of anilines is 1. The maximum Gasteiger partial charge on any atom is 0.296 e. The van der Waals surface area contributed by atoms with E-state index in [2.05, 4.69) is 38.0 Å². The Bertz CT molecular complexity index is 1440. The van der Waals surface area contributed by atoms with Crippen LogP contribution < -0.4 is 5.32 Å². The zero-order valence-electron chi connectivity index (χ0n) is 21.6. The van der Waals surface area contributed by atoms with E-state index >= 15 is 0 Å². The lowest BCUT2D eigenvalue weighted by atomic mass is 9.80. The summed E-state index contributed by atoms with van der Waals surface area (Å²) < 4.78 is 12.4. The van der Waals surface area contributed by atoms with Crippen molar-refractivity contribution in [3.63, 3.8) is 0 Å². The van der Waals surface area contributed by atoms with Crippen molar-refractivity contribution in [2.75, 3.05) is 11.9 Å². The Morgan fingerprint density at radius 1 is 0.973 bits per heavy atom. The Hall–Kier alpha value is -3.74. The van der Waals surface area contributed by atoms with Gasteiger partial charge in [0.1, 0.15) is 0 Å². The molecular weight excluding hydrogens is 464 g/mol. The number of nitrogens with one attached hydrogen (secondary N) is 2. The zero-order valence-corrected chi connectivity index (χ0v) is 21.6. The number of ketones is 1. The first-order valence-electron chi connectivity index (χ1n) is 12.6. The lowest BCUT2D eigenvalue weighted by Crippen LogP contribution is -2.45. The van der Waals surface area contributed by atoms with Gasteiger partial charge in [0.15, 0.2) is 6.29 Å². The fourth-order valence-corrected chi connectivity index (χ4v) is 5.23. The average molecular weight is 497 g/mol. The Kier molecular flexibility index (Phi) is 6.71. The molecule has 190 valence electrons. The first-order valence-corrected chi connectivity index (χ1v) is 12.6. The number of amides is 1. The third-order valence-corrected chi connectivity index (χ3v) is 6.87. The molecule has 1 aliphatic heterocycles. The monoisotopic (exact) mass is 496 g/mol. The smallest absolute Gasteiger partial charge is 0.296 e. The van der Waals surface area contributed by atoms with Gasteiger partial charge in [-0.05, 0) is 29.7 Å². The number of carbonyl (C=O) groups is 2. The molecule has 1 aliphatic rings. The molecule has 0 aliphatic carbocycles. The molecule has 1 fully saturated rings. The average Bonchev–Trinajstić information content (AvgIpc) is 3.28. The van der Waals surface area contributed by atoms with Crippen LogP contribution in [0.4, 0.5) is 5.69 Å². The van der Waals surface area contributed by atoms with Crippen molar-refractivity contribution in [2.24, 2.45) is 11.3 Å². The van der Waals surface area contributed by atoms with Crippen LogP contribution in [0.15, 0.2) is 78.9 Å². The first-order chi connectivity index (χ1) is 17.7. The molecule has 1 aromatic heterocycles. The van der Waals surface area contributed by atoms with Crippen LogP contribution in [0.5, 0.6) is 0 Å². The van der Waals surface area contributed by atoms with Crippen LogP contribution in [0.3, 0.4) is 0 Å². The molecule has 4 aromatic rings. The number of aromatic nitrogens is 1. The Labute approximate surface area is 217 Å². The second-order valence-corrected chi connectivity index (χ2v) is 10.6. The summed E-state index contributed by atoms with van der Waals surface area (Å²) in [5.74, 6) is -0.976. The number of hydrogen-bond donors (Lipinski definition) is 2. The molecule has 0 spiro atoms. The van der Waals surface area contributed by atoms with E-state index in [9.17, 15) is 9.59 Å². The predicted octanol–water partition coefficient (Wildman–Crippen LogP) is 6.75. The minimum atomic E-state index is -0.703. The van der Waals surface area contributed by atoms with Crippen molar-refractivity contribution in [2.45, 2.75) is 40.1 Å². The lowest BCUT2D eigenvalue weighted by molar-refractivity contribution is -0.274. The first kappa shape index (κ1) is 24.9. The summed E-state index contributed by atoms with van der Waals surface area (Å²) in [6.07, 6.45) is -0.504. The summed E-state index contributed by atoms with van der Waals surface area (Å²) in [4.78, 5) is 30.0. The maximum atomic E-state index is 13.5. The second-order valence-electron chi connectivity index (χ2n) is 10.6. The largest absolute Gasteiger partial charge is 0.354 e. The van der Waals surface area contributed by atoms with Crippen LogP contribution in [0, 0.1) is 11.3 Å². The highest BCUT2D eigenvalue weighted by Crippen LogP contribution is 2.40. The third-order valence-electron chi connectivity index (χ3n) is 6.87. The van der Waals surface area contributed by atoms with E-state index < -0.39 is 18.0 Å². The highest BCUT2D eigenvalue weighted by molar-refractivity contribution is 6.49. The van der Waals surface area contributed by atoms with E-state index in [4.69, 9.17) is 9.47 Å². The number of fused-ring (bicyclic) bond motifs is 1. The van der Waals surface area contributed by atoms with Crippen molar-refractivity contribution >= 4 is 28.3 Å². The van der Waals surface area contributed by atoms with Crippen LogP contribution in [0.1, 0.15) is 49.9 Å². The molecule has 1 saturated heterocycles. The summed E-state index contributed by atoms with van der Waals surface area (Å²) in [5, 5.41) is 3.50. The van der Waals surface area contributed by atoms with Gasteiger partial charge in [0.25, 0.3) is 11.7 Å². The van der Waals surface area contributed by atoms with Crippen LogP contribution in [0.2, 0.25) is 0 Å². The van der Waals surface area contributed by atoms with E-state index in [0.717, 1.165) is 16.6 Å². The zero-order chi connectivity index (χ0) is 26.2. The van der Waals surface area contributed by atoms with Crippen LogP contribution in [-0.4, -0.2) is 29.4 Å². The molecule has 6 heteroatoms. The number of H-pyrrole nitrogens is 1. The van der Waals surface area contributed by atoms with Crippen LogP contribution >= 0.6 is 0 Å². The molecule has 5 rings (SSSR count). The van der Waals surface area contributed by atoms with Gasteiger partial charge in [0.05, 0.1) is 24.0 Å². The van der Waals surface area contributed by atoms with Gasteiger partial charge in [-0.15, -0.1) is 0 Å². The van der Waals surface area contributed by atoms with Gasteiger partial charge in [-0.2, -0.15) is 0 Å². The highest BCUT2D eigenvalue weighted by atomic mass is 16.7. The molecular formula is C31H32N2O4. The summed E-state index contributed by atoms with van der Waals surface area (Å²) in [7, 11) is 0. The lowest BCUT2D eigenvalue weighted by Gasteiger charge is -2.44. The van der Waals surface area contributed by atoms with Crippen LogP contribution in [0.25, 0.3) is 22.2 Å². The van der Waals surface area contributed by atoms with Gasteiger partial charge in [0, 0.05) is 27.6 Å². The predicted molar refractivity (Wildman–Crippen MR) is 145 cm³/mol. The Balaban J connectivity index is 1.40. The second kappa shape index (κ2) is 9.96. The summed E-state index contributed by atoms with van der Waals surface area (Å²) >= 11 is 0. The number of benzene rings is 3. The highest BCUT2D eigenvalue weighted by Gasteiger charge is 2.40. The fourth-order valence-electron chi connectivity index (χ4n) is 5.23. The Morgan fingerprint density at radius 3 is 2.46 bits per heavy atom. The molecule has 2 N–H and O–H groups in total. The normalized spacial score (nSPS) is 19.2. The van der Waals surface area contributed by atoms with Gasteiger partial charge < -0.3 is 19.8 Å². The molecule has 6 nitrogen and oxygen atoms in total. The molecule has 1 amide bonds. The van der Waals surface area contributed by atoms with Gasteiger partial charge in [-0.1, -0.05) is 88.4 Å². The number of carbonyl (C=O) groups excluding carboxylic acids is 2. The number of aromatic amines is 1. The minimum Gasteiger partial charge on any atom is -0.354 e. The third kappa shape index (κ3) is 4.95. The number of Topliss-reactive ketones (excluding diaryl/α,β-unsaturated/α-hetero) is 1. The van der Waals surface area contributed by atoms with Gasteiger partial charge in [-0.3, -0.25) is 9.59 Å². The van der Waals surface area contributed by atoms with Crippen LogP contribution in [-0.2, 0) is 14.3 Å². The van der Waals surface area contributed by atoms with Crippen molar-refractivity contribution in [3.05, 3.63) is 90.0 Å². The SMILES string of the molecule is CC(C)[C@H]1O[C@H](c2cccc(NC(=O)C(=O)c3c(-c4ccccc4)[nH]c4ccccc34)c2)OCC1(C)C. The Morgan fingerprint density at radius 2 is 1.70 bits per heavy atom. The number of para-hydroxylation sites is 1. The van der Waals surface area contributed by atoms with Gasteiger partial charge >= 0.3 is 0 Å². The van der Waals surface area contributed by atoms with Gasteiger partial charge in [-0.25, -0.2) is 0 Å². The number of ether oxygens (including phenoxy) is 2. The summed E-state index contributed by atoms with van der Waals surface area (Å²) in [6, 6.07) is 24.4. The van der Waals surface area contributed by atoms with E-state index in [1.54, 1.807) is 12.1 Å². The van der Waals surface area contributed by atoms with Gasteiger partial charge in [0.2, 0.25) is 0 Å². The van der Waals surface area contributed by atoms with Crippen molar-refractivity contribution in [1.29, 1.82) is 0 Å². The number of rotatable bonds is 6. The van der Waals surface area contributed by atoms with Crippen molar-refractivity contribution in [1.82, 2.24) is 4.98 Å². The van der Waals surface area contributed by atoms with E-state index in [-0.39, 0.29) is 11.5 Å². The fraction of sp³-hybridized carbons (Fsp3) is 0.290. The molecule has 0 bridgehead atoms. The van der Waals surface area contributed by atoms with E-state index in [1.807, 2.05) is 66.7 Å². The van der Waals surface area contributed by atoms with Crippen molar-refractivity contribution in [3.8, 4) is 11.3 Å².